The lowest BCUT2D eigenvalue weighted by Gasteiger charge is -1.99. The summed E-state index contributed by atoms with van der Waals surface area (Å²) >= 11 is 0. The second kappa shape index (κ2) is 4.18. The number of nitrogens with two attached hydrogens (primary N) is 1. The summed E-state index contributed by atoms with van der Waals surface area (Å²) in [4.78, 5) is 23.6. The number of pyridine rings is 1. The van der Waals surface area contributed by atoms with E-state index in [2.05, 4.69) is 4.98 Å². The highest BCUT2D eigenvalue weighted by Gasteiger charge is 2.13. The largest absolute Gasteiger partial charge is 0.478 e. The van der Waals surface area contributed by atoms with Crippen LogP contribution in [0.3, 0.4) is 0 Å². The number of aliphatic carboxylic acids is 1. The predicted molar refractivity (Wildman–Crippen MR) is 52.0 cm³/mol. The summed E-state index contributed by atoms with van der Waals surface area (Å²) in [6.45, 7) is 0. The molecule has 0 aromatic carbocycles. The SMILES string of the molecule is Nc1c(C=CC(=O)O)cncc1[N+](=O)[O-]. The molecule has 7 nitrogen and oxygen atoms in total. The van der Waals surface area contributed by atoms with E-state index in [4.69, 9.17) is 10.8 Å². The van der Waals surface area contributed by atoms with Crippen molar-refractivity contribution in [2.75, 3.05) is 5.73 Å². The molecule has 1 heterocycles. The van der Waals surface area contributed by atoms with E-state index < -0.39 is 10.9 Å². The van der Waals surface area contributed by atoms with Crippen molar-refractivity contribution in [1.29, 1.82) is 0 Å². The number of nitro groups is 1. The maximum absolute atomic E-state index is 10.5. The summed E-state index contributed by atoms with van der Waals surface area (Å²) in [5.74, 6) is -1.17. The third-order valence-electron chi connectivity index (χ3n) is 1.60. The van der Waals surface area contributed by atoms with Crippen molar-refractivity contribution in [3.63, 3.8) is 0 Å². The van der Waals surface area contributed by atoms with Gasteiger partial charge in [0.25, 0.3) is 0 Å². The minimum Gasteiger partial charge on any atom is -0.478 e. The van der Waals surface area contributed by atoms with Gasteiger partial charge in [-0.1, -0.05) is 0 Å². The van der Waals surface area contributed by atoms with E-state index in [1.54, 1.807) is 0 Å². The number of nitrogen functional groups attached to an aromatic ring is 1. The molecule has 0 aliphatic carbocycles. The normalized spacial score (nSPS) is 10.4. The second-order valence-electron chi connectivity index (χ2n) is 2.59. The fraction of sp³-hybridized carbons (Fsp3) is 0. The minimum atomic E-state index is -1.17. The Hall–Kier alpha value is -2.44. The lowest BCUT2D eigenvalue weighted by atomic mass is 10.2. The Bertz CT molecular complexity index is 442. The highest BCUT2D eigenvalue weighted by Crippen LogP contribution is 2.23. The van der Waals surface area contributed by atoms with Crippen LogP contribution in [0.25, 0.3) is 6.08 Å². The van der Waals surface area contributed by atoms with Gasteiger partial charge in [-0.05, 0) is 6.08 Å². The van der Waals surface area contributed by atoms with E-state index in [0.29, 0.717) is 0 Å². The van der Waals surface area contributed by atoms with Gasteiger partial charge in [-0.25, -0.2) is 4.79 Å². The summed E-state index contributed by atoms with van der Waals surface area (Å²) in [6, 6.07) is 0. The molecule has 0 bridgehead atoms. The smallest absolute Gasteiger partial charge is 0.328 e. The van der Waals surface area contributed by atoms with Crippen molar-refractivity contribution in [2.24, 2.45) is 0 Å². The Morgan fingerprint density at radius 1 is 1.60 bits per heavy atom. The predicted octanol–water partition coefficient (Wildman–Crippen LogP) is 0.670. The van der Waals surface area contributed by atoms with Crippen LogP contribution in [-0.4, -0.2) is 21.0 Å². The van der Waals surface area contributed by atoms with Crippen molar-refractivity contribution in [2.45, 2.75) is 0 Å². The zero-order chi connectivity index (χ0) is 11.4. The number of hydrogen-bond acceptors (Lipinski definition) is 5. The van der Waals surface area contributed by atoms with Gasteiger partial charge >= 0.3 is 11.7 Å². The van der Waals surface area contributed by atoms with Crippen LogP contribution >= 0.6 is 0 Å². The van der Waals surface area contributed by atoms with Gasteiger partial charge in [0.15, 0.2) is 0 Å². The molecule has 0 aliphatic heterocycles. The number of carboxylic acids is 1. The molecule has 0 radical (unpaired) electrons. The topological polar surface area (TPSA) is 119 Å². The Balaban J connectivity index is 3.15. The molecule has 0 spiro atoms. The van der Waals surface area contributed by atoms with Crippen LogP contribution in [0.1, 0.15) is 5.56 Å². The molecule has 3 N–H and O–H groups in total. The van der Waals surface area contributed by atoms with Gasteiger partial charge in [-0.15, -0.1) is 0 Å². The van der Waals surface area contributed by atoms with Crippen molar-refractivity contribution in [3.05, 3.63) is 34.1 Å². The standard InChI is InChI=1S/C8H7N3O4/c9-8-5(1-2-7(12)13)3-10-4-6(8)11(14)15/h1-4H,(H2,9,10)(H,12,13). The Morgan fingerprint density at radius 3 is 2.80 bits per heavy atom. The van der Waals surface area contributed by atoms with E-state index in [9.17, 15) is 14.9 Å². The molecule has 15 heavy (non-hydrogen) atoms. The van der Waals surface area contributed by atoms with Crippen molar-refractivity contribution >= 4 is 23.4 Å². The monoisotopic (exact) mass is 209 g/mol. The van der Waals surface area contributed by atoms with Crippen molar-refractivity contribution in [3.8, 4) is 0 Å². The lowest BCUT2D eigenvalue weighted by Crippen LogP contribution is -1.99. The van der Waals surface area contributed by atoms with Gasteiger partial charge < -0.3 is 10.8 Å². The molecule has 1 aromatic rings. The van der Waals surface area contributed by atoms with E-state index in [1.165, 1.54) is 6.20 Å². The first-order valence-electron chi connectivity index (χ1n) is 3.81. The first kappa shape index (κ1) is 10.6. The second-order valence-corrected chi connectivity index (χ2v) is 2.59. The highest BCUT2D eigenvalue weighted by molar-refractivity contribution is 5.87. The van der Waals surface area contributed by atoms with Gasteiger partial charge in [0.2, 0.25) is 0 Å². The third-order valence-corrected chi connectivity index (χ3v) is 1.60. The van der Waals surface area contributed by atoms with Crippen LogP contribution in [-0.2, 0) is 4.79 Å². The minimum absolute atomic E-state index is 0.104. The number of aromatic nitrogens is 1. The highest BCUT2D eigenvalue weighted by atomic mass is 16.6. The van der Waals surface area contributed by atoms with Crippen LogP contribution in [0.2, 0.25) is 0 Å². The molecule has 7 heteroatoms. The molecule has 0 amide bonds. The molecule has 0 saturated heterocycles. The lowest BCUT2D eigenvalue weighted by molar-refractivity contribution is -0.384. The van der Waals surface area contributed by atoms with Crippen LogP contribution in [0, 0.1) is 10.1 Å². The summed E-state index contributed by atoms with van der Waals surface area (Å²) in [6.07, 6.45) is 4.24. The van der Waals surface area contributed by atoms with Crippen molar-refractivity contribution in [1.82, 2.24) is 4.98 Å². The summed E-state index contributed by atoms with van der Waals surface area (Å²) in [5, 5.41) is 18.8. The van der Waals surface area contributed by atoms with Gasteiger partial charge in [0, 0.05) is 17.8 Å². The zero-order valence-corrected chi connectivity index (χ0v) is 7.45. The first-order chi connectivity index (χ1) is 7.02. The number of carbonyl (C=O) groups is 1. The molecule has 0 aliphatic rings. The summed E-state index contributed by atoms with van der Waals surface area (Å²) in [7, 11) is 0. The number of carboxylic acid groups (broad SMARTS) is 1. The van der Waals surface area contributed by atoms with Crippen LogP contribution in [0.15, 0.2) is 18.5 Å². The first-order valence-corrected chi connectivity index (χ1v) is 3.81. The number of nitrogens with zero attached hydrogens (tertiary/aromatic N) is 2. The Kier molecular flexibility index (Phi) is 2.97. The van der Waals surface area contributed by atoms with Gasteiger partial charge in [-0.3, -0.25) is 15.1 Å². The van der Waals surface area contributed by atoms with Gasteiger partial charge in [-0.2, -0.15) is 0 Å². The molecule has 1 rings (SSSR count). The molecule has 0 atom stereocenters. The Morgan fingerprint density at radius 2 is 2.27 bits per heavy atom. The number of rotatable bonds is 3. The molecule has 78 valence electrons. The van der Waals surface area contributed by atoms with Crippen LogP contribution in [0.5, 0.6) is 0 Å². The maximum atomic E-state index is 10.5. The maximum Gasteiger partial charge on any atom is 0.328 e. The fourth-order valence-electron chi connectivity index (χ4n) is 0.915. The molecular formula is C8H7N3O4. The Labute approximate surface area is 84.0 Å². The van der Waals surface area contributed by atoms with Gasteiger partial charge in [0.05, 0.1) is 4.92 Å². The summed E-state index contributed by atoms with van der Waals surface area (Å²) < 4.78 is 0. The fourth-order valence-corrected chi connectivity index (χ4v) is 0.915. The van der Waals surface area contributed by atoms with Crippen LogP contribution in [0.4, 0.5) is 11.4 Å². The van der Waals surface area contributed by atoms with Crippen molar-refractivity contribution < 1.29 is 14.8 Å². The summed E-state index contributed by atoms with van der Waals surface area (Å²) in [5.41, 5.74) is 5.20. The van der Waals surface area contributed by atoms with E-state index in [0.717, 1.165) is 18.3 Å². The molecule has 0 fully saturated rings. The van der Waals surface area contributed by atoms with E-state index in [1.807, 2.05) is 0 Å². The molecular weight excluding hydrogens is 202 g/mol. The molecule has 0 unspecified atom stereocenters. The quantitative estimate of drug-likeness (QED) is 0.429. The number of anilines is 1. The average molecular weight is 209 g/mol. The van der Waals surface area contributed by atoms with Crippen LogP contribution < -0.4 is 5.73 Å². The van der Waals surface area contributed by atoms with E-state index in [-0.39, 0.29) is 16.9 Å². The average Bonchev–Trinajstić information content (AvgIpc) is 2.15. The van der Waals surface area contributed by atoms with Gasteiger partial charge in [0.1, 0.15) is 11.9 Å². The number of hydrogen-bond donors (Lipinski definition) is 2. The van der Waals surface area contributed by atoms with E-state index >= 15 is 0 Å². The molecule has 1 aromatic heterocycles. The third kappa shape index (κ3) is 2.50. The zero-order valence-electron chi connectivity index (χ0n) is 7.45. The molecule has 0 saturated carbocycles.